The van der Waals surface area contributed by atoms with Crippen LogP contribution in [0.3, 0.4) is 0 Å². The fourth-order valence-electron chi connectivity index (χ4n) is 3.36. The van der Waals surface area contributed by atoms with E-state index < -0.39 is 37.1 Å². The van der Waals surface area contributed by atoms with Crippen LogP contribution in [0.2, 0.25) is 5.02 Å². The SMILES string of the molecule is CC(=O)c1ccc(Cc2cc([C@@H]3O[C@H](CO)[C@@H](O)[C@H](O)[C@H]3O)ccc2Cl)cc1. The molecule has 0 radical (unpaired) electrons. The molecule has 2 aromatic rings. The summed E-state index contributed by atoms with van der Waals surface area (Å²) in [6.45, 7) is 1.03. The van der Waals surface area contributed by atoms with Gasteiger partial charge in [-0.1, -0.05) is 48.0 Å². The Morgan fingerprint density at radius 2 is 1.71 bits per heavy atom. The molecular formula is C21H23ClO6. The number of ether oxygens (including phenoxy) is 1. The molecule has 1 saturated heterocycles. The van der Waals surface area contributed by atoms with Crippen LogP contribution < -0.4 is 0 Å². The average Bonchev–Trinajstić information content (AvgIpc) is 2.69. The first-order chi connectivity index (χ1) is 13.3. The Morgan fingerprint density at radius 1 is 1.04 bits per heavy atom. The fraction of sp³-hybridized carbons (Fsp3) is 0.381. The molecule has 5 atom stereocenters. The van der Waals surface area contributed by atoms with Gasteiger partial charge < -0.3 is 25.2 Å². The summed E-state index contributed by atoms with van der Waals surface area (Å²) in [4.78, 5) is 11.4. The van der Waals surface area contributed by atoms with E-state index in [0.29, 0.717) is 22.6 Å². The van der Waals surface area contributed by atoms with Gasteiger partial charge in [-0.2, -0.15) is 0 Å². The molecule has 28 heavy (non-hydrogen) atoms. The Morgan fingerprint density at radius 3 is 2.32 bits per heavy atom. The fourth-order valence-corrected chi connectivity index (χ4v) is 3.55. The summed E-state index contributed by atoms with van der Waals surface area (Å²) < 4.78 is 5.61. The zero-order valence-corrected chi connectivity index (χ0v) is 16.1. The van der Waals surface area contributed by atoms with E-state index >= 15 is 0 Å². The molecule has 0 unspecified atom stereocenters. The smallest absolute Gasteiger partial charge is 0.159 e. The van der Waals surface area contributed by atoms with Crippen molar-refractivity contribution in [3.63, 3.8) is 0 Å². The number of aliphatic hydroxyl groups is 4. The zero-order chi connectivity index (χ0) is 20.4. The quantitative estimate of drug-likeness (QED) is 0.562. The second-order valence-corrected chi connectivity index (χ2v) is 7.44. The third-order valence-corrected chi connectivity index (χ3v) is 5.41. The van der Waals surface area contributed by atoms with Gasteiger partial charge in [0.15, 0.2) is 5.78 Å². The number of Topliss-reactive ketones (excluding diaryl/α,β-unsaturated/α-hetero) is 1. The number of aliphatic hydroxyl groups excluding tert-OH is 4. The molecule has 0 aromatic heterocycles. The first-order valence-corrected chi connectivity index (χ1v) is 9.38. The van der Waals surface area contributed by atoms with E-state index in [9.17, 15) is 25.2 Å². The second-order valence-electron chi connectivity index (χ2n) is 7.03. The highest BCUT2D eigenvalue weighted by Gasteiger charge is 2.43. The summed E-state index contributed by atoms with van der Waals surface area (Å²) in [5, 5.41) is 40.2. The lowest BCUT2D eigenvalue weighted by Gasteiger charge is -2.40. The van der Waals surface area contributed by atoms with Gasteiger partial charge in [-0.25, -0.2) is 0 Å². The highest BCUT2D eigenvalue weighted by molar-refractivity contribution is 6.31. The standard InChI is InChI=1S/C21H23ClO6/c1-11(24)13-4-2-12(3-5-13)8-15-9-14(6-7-16(15)22)21-20(27)19(26)18(25)17(10-23)28-21/h2-7,9,17-21,23,25-27H,8,10H2,1H3/t17-,18-,19+,20-,21+/m1/s1. The van der Waals surface area contributed by atoms with Gasteiger partial charge in [-0.15, -0.1) is 0 Å². The van der Waals surface area contributed by atoms with Gasteiger partial charge in [0, 0.05) is 10.6 Å². The van der Waals surface area contributed by atoms with Crippen molar-refractivity contribution in [1.82, 2.24) is 0 Å². The summed E-state index contributed by atoms with van der Waals surface area (Å²) in [6, 6.07) is 12.4. The largest absolute Gasteiger partial charge is 0.394 e. The molecule has 0 aliphatic carbocycles. The number of hydrogen-bond donors (Lipinski definition) is 4. The van der Waals surface area contributed by atoms with Crippen molar-refractivity contribution < 1.29 is 30.0 Å². The minimum atomic E-state index is -1.44. The van der Waals surface area contributed by atoms with Crippen molar-refractivity contribution in [3.05, 3.63) is 69.7 Å². The Labute approximate surface area is 168 Å². The highest BCUT2D eigenvalue weighted by Crippen LogP contribution is 2.34. The van der Waals surface area contributed by atoms with Crippen LogP contribution in [0, 0.1) is 0 Å². The first kappa shape index (κ1) is 20.9. The molecule has 4 N–H and O–H groups in total. The van der Waals surface area contributed by atoms with Crippen LogP contribution in [0.15, 0.2) is 42.5 Å². The van der Waals surface area contributed by atoms with Crippen LogP contribution in [-0.2, 0) is 11.2 Å². The Hall–Kier alpha value is -1.80. The summed E-state index contributed by atoms with van der Waals surface area (Å²) in [5.74, 6) is -0.00537. The molecule has 0 saturated carbocycles. The van der Waals surface area contributed by atoms with Gasteiger partial charge >= 0.3 is 0 Å². The molecule has 3 rings (SSSR count). The minimum Gasteiger partial charge on any atom is -0.394 e. The van der Waals surface area contributed by atoms with E-state index in [1.165, 1.54) is 6.92 Å². The molecule has 0 bridgehead atoms. The molecule has 2 aromatic carbocycles. The lowest BCUT2D eigenvalue weighted by molar-refractivity contribution is -0.231. The van der Waals surface area contributed by atoms with Crippen LogP contribution in [0.5, 0.6) is 0 Å². The van der Waals surface area contributed by atoms with Crippen molar-refractivity contribution in [1.29, 1.82) is 0 Å². The van der Waals surface area contributed by atoms with E-state index in [2.05, 4.69) is 0 Å². The van der Waals surface area contributed by atoms with Crippen molar-refractivity contribution >= 4 is 17.4 Å². The van der Waals surface area contributed by atoms with Crippen molar-refractivity contribution in [2.24, 2.45) is 0 Å². The summed E-state index contributed by atoms with van der Waals surface area (Å²) in [5.41, 5.74) is 2.95. The van der Waals surface area contributed by atoms with Gasteiger partial charge in [0.05, 0.1) is 6.61 Å². The van der Waals surface area contributed by atoms with E-state index in [0.717, 1.165) is 11.1 Å². The molecule has 1 fully saturated rings. The summed E-state index contributed by atoms with van der Waals surface area (Å²) >= 11 is 6.32. The first-order valence-electron chi connectivity index (χ1n) is 9.00. The van der Waals surface area contributed by atoms with Crippen LogP contribution in [0.1, 0.15) is 40.1 Å². The highest BCUT2D eigenvalue weighted by atomic mass is 35.5. The molecule has 0 spiro atoms. The van der Waals surface area contributed by atoms with Crippen molar-refractivity contribution in [2.45, 2.75) is 43.9 Å². The molecule has 0 amide bonds. The lowest BCUT2D eigenvalue weighted by atomic mass is 9.90. The molecule has 1 aliphatic heterocycles. The van der Waals surface area contributed by atoms with Gasteiger partial charge in [0.2, 0.25) is 0 Å². The van der Waals surface area contributed by atoms with Gasteiger partial charge in [-0.05, 0) is 36.1 Å². The van der Waals surface area contributed by atoms with Gasteiger partial charge in [0.1, 0.15) is 30.5 Å². The van der Waals surface area contributed by atoms with E-state index in [1.54, 1.807) is 30.3 Å². The predicted molar refractivity (Wildman–Crippen MR) is 103 cm³/mol. The number of carbonyl (C=O) groups excluding carboxylic acids is 1. The van der Waals surface area contributed by atoms with Crippen molar-refractivity contribution in [3.8, 4) is 0 Å². The Kier molecular flexibility index (Phi) is 6.50. The monoisotopic (exact) mass is 406 g/mol. The number of rotatable bonds is 5. The molecule has 150 valence electrons. The van der Waals surface area contributed by atoms with Gasteiger partial charge in [0.25, 0.3) is 0 Å². The summed E-state index contributed by atoms with van der Waals surface area (Å²) in [7, 11) is 0. The minimum absolute atomic E-state index is 0.00537. The number of hydrogen-bond acceptors (Lipinski definition) is 6. The molecule has 7 heteroatoms. The van der Waals surface area contributed by atoms with Crippen molar-refractivity contribution in [2.75, 3.05) is 6.61 Å². The maximum Gasteiger partial charge on any atom is 0.159 e. The van der Waals surface area contributed by atoms with Crippen LogP contribution in [-0.4, -0.2) is 57.2 Å². The second kappa shape index (κ2) is 8.69. The van der Waals surface area contributed by atoms with Crippen LogP contribution >= 0.6 is 11.6 Å². The number of ketones is 1. The number of benzene rings is 2. The van der Waals surface area contributed by atoms with Crippen LogP contribution in [0.25, 0.3) is 0 Å². The topological polar surface area (TPSA) is 107 Å². The molecular weight excluding hydrogens is 384 g/mol. The van der Waals surface area contributed by atoms with E-state index in [1.807, 2.05) is 12.1 Å². The number of carbonyl (C=O) groups is 1. The summed E-state index contributed by atoms with van der Waals surface area (Å²) in [6.07, 6.45) is -5.56. The maximum atomic E-state index is 11.4. The Balaban J connectivity index is 1.85. The maximum absolute atomic E-state index is 11.4. The third kappa shape index (κ3) is 4.27. The average molecular weight is 407 g/mol. The van der Waals surface area contributed by atoms with E-state index in [-0.39, 0.29) is 5.78 Å². The van der Waals surface area contributed by atoms with Gasteiger partial charge in [-0.3, -0.25) is 4.79 Å². The molecule has 1 aliphatic rings. The van der Waals surface area contributed by atoms with E-state index in [4.69, 9.17) is 16.3 Å². The molecule has 6 nitrogen and oxygen atoms in total. The zero-order valence-electron chi connectivity index (χ0n) is 15.3. The Bertz CT molecular complexity index is 835. The lowest BCUT2D eigenvalue weighted by Crippen LogP contribution is -2.55. The number of halogens is 1. The predicted octanol–water partition coefficient (Wildman–Crippen LogP) is 1.65. The molecule has 1 heterocycles. The normalized spacial score (nSPS) is 27.6. The third-order valence-electron chi connectivity index (χ3n) is 5.05. The van der Waals surface area contributed by atoms with Crippen LogP contribution in [0.4, 0.5) is 0 Å².